The van der Waals surface area contributed by atoms with Crippen molar-refractivity contribution in [2.75, 3.05) is 5.32 Å². The molecular formula is C22H16FK2N5O5S. The molecule has 5 rings (SSSR count). The fraction of sp³-hybridized carbons (Fsp3) is 0.227. The predicted octanol–water partition coefficient (Wildman–Crippen LogP) is -5.70. The van der Waals surface area contributed by atoms with Gasteiger partial charge in [0.1, 0.15) is 5.82 Å². The molecular weight excluding hydrogens is 544 g/mol. The number of carbonyl (C=O) groups excluding carboxylic acids is 3. The summed E-state index contributed by atoms with van der Waals surface area (Å²) in [4.78, 5) is 44.7. The summed E-state index contributed by atoms with van der Waals surface area (Å²) < 4.78 is 16.6. The van der Waals surface area contributed by atoms with Crippen molar-refractivity contribution < 1.29 is 132 Å². The molecule has 2 amide bonds. The van der Waals surface area contributed by atoms with Crippen LogP contribution in [0.2, 0.25) is 0 Å². The number of nitrogens with one attached hydrogen (secondary N) is 1. The fourth-order valence-electron chi connectivity index (χ4n) is 4.08. The Hall–Kier alpha value is -0.967. The standard InChI is InChI=1S/C21H16FN5O2S.CH2O3.2K/c1-2-12-8-13-14(15(22)9-12)10-27(20(13)29)18(19(28)25-21-23-5-7-30-21)17-16-4-3-6-26(16)11-24-17;2-1(3)4;;/h1,5,7-9,11,18H,3-4,6,10H2,(H,23,25,28);(H2,2,3,4);;/q;;2*+1/p-2. The van der Waals surface area contributed by atoms with E-state index >= 15 is 0 Å². The van der Waals surface area contributed by atoms with Crippen LogP contribution in [-0.4, -0.2) is 37.4 Å². The van der Waals surface area contributed by atoms with Gasteiger partial charge in [-0.2, -0.15) is 0 Å². The summed E-state index contributed by atoms with van der Waals surface area (Å²) in [6.45, 7) is 0.782. The van der Waals surface area contributed by atoms with Crippen LogP contribution in [0.3, 0.4) is 0 Å². The van der Waals surface area contributed by atoms with Crippen molar-refractivity contribution in [1.82, 2.24) is 19.4 Å². The Morgan fingerprint density at radius 3 is 2.61 bits per heavy atom. The molecule has 36 heavy (non-hydrogen) atoms. The predicted molar refractivity (Wildman–Crippen MR) is 114 cm³/mol. The van der Waals surface area contributed by atoms with E-state index in [9.17, 15) is 14.0 Å². The largest absolute Gasteiger partial charge is 1.00 e. The van der Waals surface area contributed by atoms with Crippen LogP contribution < -0.4 is 118 Å². The molecule has 0 radical (unpaired) electrons. The molecule has 3 aromatic rings. The van der Waals surface area contributed by atoms with Crippen molar-refractivity contribution >= 4 is 34.4 Å². The van der Waals surface area contributed by atoms with E-state index < -0.39 is 29.8 Å². The third-order valence-electron chi connectivity index (χ3n) is 5.45. The van der Waals surface area contributed by atoms with Crippen LogP contribution in [0.25, 0.3) is 0 Å². The van der Waals surface area contributed by atoms with Gasteiger partial charge in [0.15, 0.2) is 11.2 Å². The number of carboxylic acid groups (broad SMARTS) is 2. The van der Waals surface area contributed by atoms with Crippen molar-refractivity contribution in [3.05, 3.63) is 63.9 Å². The van der Waals surface area contributed by atoms with Crippen molar-refractivity contribution in [3.8, 4) is 12.3 Å². The van der Waals surface area contributed by atoms with Crippen LogP contribution >= 0.6 is 11.3 Å². The molecule has 1 atom stereocenters. The number of thiazole rings is 1. The Labute approximate surface area is 294 Å². The topological polar surface area (TPSA) is 143 Å². The SMILES string of the molecule is C#Cc1cc(F)c2c(c1)C(=O)N(C(C(=O)Nc1nccs1)c1ncn3c1CCC3)C2.O=C([O-])[O-].[K+].[K+]. The van der Waals surface area contributed by atoms with Gasteiger partial charge < -0.3 is 24.5 Å². The monoisotopic (exact) mass is 559 g/mol. The number of carbonyl (C=O) groups is 3. The Kier molecular flexibility index (Phi) is 11.9. The molecule has 2 aliphatic heterocycles. The number of hydrogen-bond acceptors (Lipinski definition) is 8. The maximum Gasteiger partial charge on any atom is 1.00 e. The molecule has 0 aliphatic carbocycles. The summed E-state index contributed by atoms with van der Waals surface area (Å²) >= 11 is 1.28. The summed E-state index contributed by atoms with van der Waals surface area (Å²) in [7, 11) is 0. The van der Waals surface area contributed by atoms with E-state index in [1.165, 1.54) is 28.4 Å². The first-order chi connectivity index (χ1) is 16.3. The average Bonchev–Trinajstić information content (AvgIpc) is 3.56. The zero-order chi connectivity index (χ0) is 24.4. The number of fused-ring (bicyclic) bond motifs is 2. The van der Waals surface area contributed by atoms with Gasteiger partial charge in [0.05, 0.1) is 18.6 Å². The van der Waals surface area contributed by atoms with Gasteiger partial charge in [0.2, 0.25) is 0 Å². The smallest absolute Gasteiger partial charge is 0.652 e. The summed E-state index contributed by atoms with van der Waals surface area (Å²) in [5.41, 5.74) is 2.14. The van der Waals surface area contributed by atoms with Gasteiger partial charge in [0.25, 0.3) is 11.8 Å². The zero-order valence-electron chi connectivity index (χ0n) is 19.5. The maximum atomic E-state index is 14.6. The third kappa shape index (κ3) is 6.72. The molecule has 1 N–H and O–H groups in total. The number of halogens is 1. The second-order valence-electron chi connectivity index (χ2n) is 7.41. The van der Waals surface area contributed by atoms with Crippen LogP contribution in [0.1, 0.15) is 45.3 Å². The number of aryl methyl sites for hydroxylation is 1. The van der Waals surface area contributed by atoms with Crippen LogP contribution in [0.5, 0.6) is 0 Å². The second-order valence-corrected chi connectivity index (χ2v) is 8.31. The van der Waals surface area contributed by atoms with E-state index in [0.29, 0.717) is 10.8 Å². The number of nitrogens with zero attached hydrogens (tertiary/aromatic N) is 4. The van der Waals surface area contributed by atoms with Gasteiger partial charge >= 0.3 is 103 Å². The molecule has 174 valence electrons. The number of amides is 2. The minimum Gasteiger partial charge on any atom is -0.652 e. The van der Waals surface area contributed by atoms with Gasteiger partial charge in [-0.3, -0.25) is 14.9 Å². The number of rotatable bonds is 4. The number of benzene rings is 1. The van der Waals surface area contributed by atoms with E-state index in [1.54, 1.807) is 17.9 Å². The number of hydrogen-bond donors (Lipinski definition) is 1. The first-order valence-corrected chi connectivity index (χ1v) is 10.9. The molecule has 0 saturated carbocycles. The molecule has 2 aromatic heterocycles. The van der Waals surface area contributed by atoms with Crippen LogP contribution in [0, 0.1) is 18.2 Å². The van der Waals surface area contributed by atoms with E-state index in [0.717, 1.165) is 25.1 Å². The van der Waals surface area contributed by atoms with E-state index in [4.69, 9.17) is 21.4 Å². The normalized spacial score (nSPS) is 13.7. The molecule has 2 aliphatic rings. The Bertz CT molecular complexity index is 1320. The van der Waals surface area contributed by atoms with E-state index in [2.05, 4.69) is 21.2 Å². The molecule has 1 aromatic carbocycles. The second kappa shape index (κ2) is 13.7. The molecule has 1 unspecified atom stereocenters. The number of imidazole rings is 1. The fourth-order valence-corrected chi connectivity index (χ4v) is 4.61. The number of aromatic nitrogens is 3. The summed E-state index contributed by atoms with van der Waals surface area (Å²) in [5, 5.41) is 21.6. The quantitative estimate of drug-likeness (QED) is 0.248. The molecule has 0 spiro atoms. The van der Waals surface area contributed by atoms with Gasteiger partial charge in [-0.1, -0.05) is 5.92 Å². The molecule has 10 nitrogen and oxygen atoms in total. The molecule has 14 heteroatoms. The number of terminal acetylenes is 1. The van der Waals surface area contributed by atoms with E-state index in [-0.39, 0.29) is 126 Å². The Balaban J connectivity index is 0.000000710. The van der Waals surface area contributed by atoms with Gasteiger partial charge in [-0.05, 0) is 31.1 Å². The summed E-state index contributed by atoms with van der Waals surface area (Å²) in [6, 6.07) is 1.72. The van der Waals surface area contributed by atoms with Crippen LogP contribution in [-0.2, 0) is 24.3 Å². The minimum atomic E-state index is -2.33. The summed E-state index contributed by atoms with van der Waals surface area (Å²) in [6.07, 6.45) is 8.03. The van der Waals surface area contributed by atoms with Gasteiger partial charge in [-0.25, -0.2) is 14.4 Å². The minimum absolute atomic E-state index is 0. The van der Waals surface area contributed by atoms with Crippen molar-refractivity contribution in [2.45, 2.75) is 32.0 Å². The molecule has 0 fully saturated rings. The average molecular weight is 560 g/mol. The maximum absolute atomic E-state index is 14.6. The Morgan fingerprint density at radius 2 is 1.97 bits per heavy atom. The molecule has 4 heterocycles. The van der Waals surface area contributed by atoms with Crippen LogP contribution in [0.15, 0.2) is 30.0 Å². The van der Waals surface area contributed by atoms with Crippen LogP contribution in [0.4, 0.5) is 14.3 Å². The van der Waals surface area contributed by atoms with Crippen molar-refractivity contribution in [2.24, 2.45) is 0 Å². The third-order valence-corrected chi connectivity index (χ3v) is 6.14. The molecule has 0 saturated heterocycles. The molecule has 0 bridgehead atoms. The first kappa shape index (κ1) is 31.3. The van der Waals surface area contributed by atoms with Crippen molar-refractivity contribution in [1.29, 1.82) is 0 Å². The zero-order valence-corrected chi connectivity index (χ0v) is 26.5. The summed E-state index contributed by atoms with van der Waals surface area (Å²) in [5.74, 6) is 0.935. The van der Waals surface area contributed by atoms with E-state index in [1.807, 2.05) is 4.57 Å². The Morgan fingerprint density at radius 1 is 1.25 bits per heavy atom. The first-order valence-electron chi connectivity index (χ1n) is 10.0. The van der Waals surface area contributed by atoms with Gasteiger partial charge in [-0.15, -0.1) is 17.8 Å². The number of anilines is 1. The van der Waals surface area contributed by atoms with Gasteiger partial charge in [0, 0.05) is 40.5 Å². The van der Waals surface area contributed by atoms with Crippen molar-refractivity contribution in [3.63, 3.8) is 0 Å².